The Kier molecular flexibility index (Phi) is 10.2. The zero-order chi connectivity index (χ0) is 28.6. The van der Waals surface area contributed by atoms with Gasteiger partial charge in [-0.1, -0.05) is 80.9 Å². The molecule has 0 saturated carbocycles. The highest BCUT2D eigenvalue weighted by Crippen LogP contribution is 2.37. The molecular weight excluding hydrogens is 502 g/mol. The number of nitrogens with two attached hydrogens (primary N) is 1. The molecule has 5 nitrogen and oxygen atoms in total. The van der Waals surface area contributed by atoms with Crippen LogP contribution >= 0.6 is 11.6 Å². The summed E-state index contributed by atoms with van der Waals surface area (Å²) < 4.78 is 1.96. The molecule has 0 spiro atoms. The Balaban J connectivity index is 0.00000205. The number of rotatable bonds is 8. The second kappa shape index (κ2) is 13.3. The van der Waals surface area contributed by atoms with Gasteiger partial charge in [0.15, 0.2) is 0 Å². The third-order valence-corrected chi connectivity index (χ3v) is 6.98. The molecular formula is C33H38ClN5. The van der Waals surface area contributed by atoms with Gasteiger partial charge in [0.1, 0.15) is 5.54 Å². The van der Waals surface area contributed by atoms with Crippen molar-refractivity contribution in [3.8, 4) is 0 Å². The fraction of sp³-hybridized carbons (Fsp3) is 0.242. The van der Waals surface area contributed by atoms with Gasteiger partial charge in [0.25, 0.3) is 0 Å². The average Bonchev–Trinajstić information content (AvgIpc) is 3.39. The van der Waals surface area contributed by atoms with Gasteiger partial charge < -0.3 is 10.3 Å². The first kappa shape index (κ1) is 29.8. The summed E-state index contributed by atoms with van der Waals surface area (Å²) in [6.07, 6.45) is 6.60. The number of halogens is 1. The van der Waals surface area contributed by atoms with E-state index in [9.17, 15) is 0 Å². The van der Waals surface area contributed by atoms with Crippen molar-refractivity contribution in [3.63, 3.8) is 0 Å². The topological polar surface area (TPSA) is 68.6 Å². The van der Waals surface area contributed by atoms with Crippen LogP contribution in [0.25, 0.3) is 5.57 Å². The summed E-state index contributed by atoms with van der Waals surface area (Å²) in [5.74, 6) is 0. The number of nitrogens with zero attached hydrogens (tertiary/aromatic N) is 4. The zero-order valence-electron chi connectivity index (χ0n) is 23.7. The van der Waals surface area contributed by atoms with Crippen LogP contribution in [-0.4, -0.2) is 22.0 Å². The van der Waals surface area contributed by atoms with E-state index in [1.54, 1.807) is 6.33 Å². The maximum Gasteiger partial charge on any atom is 0.109 e. The second-order valence-corrected chi connectivity index (χ2v) is 9.67. The maximum absolute atomic E-state index is 7.34. The number of allylic oxidation sites excluding steroid dienone is 1. The minimum atomic E-state index is -0.958. The summed E-state index contributed by atoms with van der Waals surface area (Å²) in [5.41, 5.74) is 15.5. The first-order chi connectivity index (χ1) is 18.8. The van der Waals surface area contributed by atoms with E-state index in [4.69, 9.17) is 17.3 Å². The van der Waals surface area contributed by atoms with Crippen LogP contribution in [0.3, 0.4) is 0 Å². The molecule has 0 radical (unpaired) electrons. The lowest BCUT2D eigenvalue weighted by Crippen LogP contribution is -2.41. The number of imidazole rings is 1. The lowest BCUT2D eigenvalue weighted by atomic mass is 9.79. The third-order valence-electron chi connectivity index (χ3n) is 6.73. The number of aryl methyl sites for hydroxylation is 3. The van der Waals surface area contributed by atoms with Crippen LogP contribution in [0.5, 0.6) is 0 Å². The quantitative estimate of drug-likeness (QED) is 0.184. The predicted octanol–water partition coefficient (Wildman–Crippen LogP) is 7.73. The van der Waals surface area contributed by atoms with Gasteiger partial charge in [-0.2, -0.15) is 10.2 Å². The highest BCUT2D eigenvalue weighted by atomic mass is 35.5. The Hall–Kier alpha value is -3.80. The SMILES string of the molecule is C=N/N=C(C)/C=C(/c1cccc(CC)c1)c1cc(C(N)(c2ccc(Cl)cc2)c2cncn2C)ccc1C.CC. The molecule has 1 heterocycles. The Morgan fingerprint density at radius 1 is 1.08 bits per heavy atom. The smallest absolute Gasteiger partial charge is 0.109 e. The van der Waals surface area contributed by atoms with Gasteiger partial charge in [-0.05, 0) is 83.5 Å². The monoisotopic (exact) mass is 539 g/mol. The number of aromatic nitrogens is 2. The standard InChI is InChI=1S/C31H32ClN5.C2H6/c1-6-23-8-7-9-24(17-23)29(16-22(3)36-34-4)28-18-26(11-10-21(28)2)31(33,30-19-35-20-37(30)5)25-12-14-27(32)15-13-25;1-2/h7-20H,4,6,33H2,1-3,5H3;1-2H3/b29-16-,36-22+;. The zero-order valence-corrected chi connectivity index (χ0v) is 24.5. The molecule has 39 heavy (non-hydrogen) atoms. The van der Waals surface area contributed by atoms with Crippen LogP contribution in [0.1, 0.15) is 66.8 Å². The van der Waals surface area contributed by atoms with Gasteiger partial charge in [-0.25, -0.2) is 4.98 Å². The first-order valence-electron chi connectivity index (χ1n) is 13.2. The molecule has 0 aliphatic carbocycles. The minimum absolute atomic E-state index is 0.660. The van der Waals surface area contributed by atoms with Crippen LogP contribution in [0.2, 0.25) is 5.02 Å². The maximum atomic E-state index is 7.34. The highest BCUT2D eigenvalue weighted by Gasteiger charge is 2.35. The van der Waals surface area contributed by atoms with E-state index in [1.807, 2.05) is 62.8 Å². The highest BCUT2D eigenvalue weighted by molar-refractivity contribution is 6.30. The Morgan fingerprint density at radius 3 is 2.38 bits per heavy atom. The molecule has 202 valence electrons. The van der Waals surface area contributed by atoms with Gasteiger partial charge in [0.2, 0.25) is 0 Å². The lowest BCUT2D eigenvalue weighted by Gasteiger charge is -2.32. The fourth-order valence-corrected chi connectivity index (χ4v) is 4.82. The van der Waals surface area contributed by atoms with Crippen molar-refractivity contribution in [1.29, 1.82) is 0 Å². The summed E-state index contributed by atoms with van der Waals surface area (Å²) in [4.78, 5) is 4.37. The molecule has 4 rings (SSSR count). The van der Waals surface area contributed by atoms with Crippen molar-refractivity contribution in [2.45, 2.75) is 46.6 Å². The molecule has 2 N–H and O–H groups in total. The van der Waals surface area contributed by atoms with Crippen molar-refractivity contribution in [2.24, 2.45) is 23.0 Å². The fourth-order valence-electron chi connectivity index (χ4n) is 4.69. The van der Waals surface area contributed by atoms with Crippen LogP contribution in [0.15, 0.2) is 95.5 Å². The normalized spacial score (nSPS) is 13.3. The van der Waals surface area contributed by atoms with Crippen molar-refractivity contribution in [2.75, 3.05) is 0 Å². The van der Waals surface area contributed by atoms with Crippen LogP contribution in [0, 0.1) is 6.92 Å². The van der Waals surface area contributed by atoms with Gasteiger partial charge in [-0.15, -0.1) is 0 Å². The average molecular weight is 540 g/mol. The molecule has 0 saturated heterocycles. The number of hydrogen-bond donors (Lipinski definition) is 1. The minimum Gasteiger partial charge on any atom is -0.336 e. The molecule has 6 heteroatoms. The van der Waals surface area contributed by atoms with Gasteiger partial charge >= 0.3 is 0 Å². The Morgan fingerprint density at radius 2 is 1.77 bits per heavy atom. The van der Waals surface area contributed by atoms with E-state index < -0.39 is 5.54 Å². The third kappa shape index (κ3) is 6.44. The lowest BCUT2D eigenvalue weighted by molar-refractivity contribution is 0.595. The molecule has 1 unspecified atom stereocenters. The van der Waals surface area contributed by atoms with E-state index in [2.05, 4.69) is 84.3 Å². The van der Waals surface area contributed by atoms with E-state index in [-0.39, 0.29) is 0 Å². The molecule has 0 fully saturated rings. The first-order valence-corrected chi connectivity index (χ1v) is 13.6. The summed E-state index contributed by atoms with van der Waals surface area (Å²) in [5, 5.41) is 8.56. The number of hydrogen-bond acceptors (Lipinski definition) is 4. The van der Waals surface area contributed by atoms with Crippen molar-refractivity contribution >= 4 is 29.6 Å². The second-order valence-electron chi connectivity index (χ2n) is 9.23. The molecule has 0 aliphatic heterocycles. The van der Waals surface area contributed by atoms with Crippen molar-refractivity contribution in [3.05, 3.63) is 129 Å². The molecule has 0 amide bonds. The summed E-state index contributed by atoms with van der Waals surface area (Å²) in [6, 6.07) is 22.7. The summed E-state index contributed by atoms with van der Waals surface area (Å²) in [7, 11) is 1.96. The van der Waals surface area contributed by atoms with E-state index in [0.717, 1.165) is 51.2 Å². The predicted molar refractivity (Wildman–Crippen MR) is 167 cm³/mol. The molecule has 1 aromatic heterocycles. The van der Waals surface area contributed by atoms with Crippen LogP contribution in [-0.2, 0) is 19.0 Å². The molecule has 0 aliphatic rings. The molecule has 1 atom stereocenters. The Labute approximate surface area is 237 Å². The summed E-state index contributed by atoms with van der Waals surface area (Å²) >= 11 is 6.23. The van der Waals surface area contributed by atoms with Gasteiger partial charge in [-0.3, -0.25) is 0 Å². The van der Waals surface area contributed by atoms with E-state index >= 15 is 0 Å². The van der Waals surface area contributed by atoms with Gasteiger partial charge in [0, 0.05) is 18.8 Å². The summed E-state index contributed by atoms with van der Waals surface area (Å²) in [6.45, 7) is 13.7. The van der Waals surface area contributed by atoms with E-state index in [1.165, 1.54) is 5.56 Å². The molecule has 0 bridgehead atoms. The van der Waals surface area contributed by atoms with Crippen molar-refractivity contribution < 1.29 is 0 Å². The van der Waals surface area contributed by atoms with Gasteiger partial charge in [0.05, 0.1) is 23.9 Å². The molecule has 4 aromatic rings. The number of benzene rings is 3. The Bertz CT molecular complexity index is 1480. The van der Waals surface area contributed by atoms with Crippen LogP contribution in [0.4, 0.5) is 0 Å². The van der Waals surface area contributed by atoms with Crippen molar-refractivity contribution in [1.82, 2.24) is 9.55 Å². The van der Waals surface area contributed by atoms with E-state index in [0.29, 0.717) is 5.02 Å². The van der Waals surface area contributed by atoms with Crippen LogP contribution < -0.4 is 5.73 Å². The largest absolute Gasteiger partial charge is 0.336 e. The molecule has 3 aromatic carbocycles.